The molecule has 0 amide bonds. The average molecular weight is 330 g/mol. The van der Waals surface area contributed by atoms with Gasteiger partial charge >= 0.3 is 0 Å². The van der Waals surface area contributed by atoms with E-state index in [1.807, 2.05) is 6.07 Å². The minimum absolute atomic E-state index is 0.864. The van der Waals surface area contributed by atoms with E-state index in [0.717, 1.165) is 44.1 Å². The predicted molar refractivity (Wildman–Crippen MR) is 102 cm³/mol. The molecule has 25 heavy (non-hydrogen) atoms. The largest absolute Gasteiger partial charge is 0.370 e. The van der Waals surface area contributed by atoms with E-state index in [0.29, 0.717) is 0 Å². The van der Waals surface area contributed by atoms with Crippen LogP contribution < -0.4 is 10.2 Å². The topological polar surface area (TPSA) is 41.0 Å². The molecule has 1 aliphatic rings. The summed E-state index contributed by atoms with van der Waals surface area (Å²) >= 11 is 0. The van der Waals surface area contributed by atoms with Crippen molar-refractivity contribution in [3.63, 3.8) is 0 Å². The molecule has 2 aromatic carbocycles. The Morgan fingerprint density at radius 2 is 1.72 bits per heavy atom. The molecule has 0 aliphatic carbocycles. The smallest absolute Gasteiger partial charge is 0.134 e. The fourth-order valence-corrected chi connectivity index (χ4v) is 3.29. The summed E-state index contributed by atoms with van der Waals surface area (Å²) in [5.41, 5.74) is 4.18. The zero-order valence-corrected chi connectivity index (χ0v) is 14.2. The zero-order chi connectivity index (χ0) is 16.9. The highest BCUT2D eigenvalue weighted by molar-refractivity contribution is 5.50. The Balaban J connectivity index is 1.40. The Morgan fingerprint density at radius 3 is 2.60 bits per heavy atom. The number of benzene rings is 2. The van der Waals surface area contributed by atoms with Crippen LogP contribution in [0.2, 0.25) is 0 Å². The summed E-state index contributed by atoms with van der Waals surface area (Å²) in [6, 6.07) is 21.2. The van der Waals surface area contributed by atoms with Crippen LogP contribution in [0.25, 0.3) is 0 Å². The first-order valence-electron chi connectivity index (χ1n) is 8.80. The van der Waals surface area contributed by atoms with E-state index >= 15 is 0 Å². The van der Waals surface area contributed by atoms with Crippen LogP contribution in [0.5, 0.6) is 0 Å². The second-order valence-corrected chi connectivity index (χ2v) is 6.36. The summed E-state index contributed by atoms with van der Waals surface area (Å²) in [5.74, 6) is 1.88. The summed E-state index contributed by atoms with van der Waals surface area (Å²) in [4.78, 5) is 11.2. The van der Waals surface area contributed by atoms with Gasteiger partial charge in [-0.1, -0.05) is 54.6 Å². The third-order valence-corrected chi connectivity index (χ3v) is 4.67. The molecule has 4 heteroatoms. The lowest BCUT2D eigenvalue weighted by molar-refractivity contribution is 0.719. The van der Waals surface area contributed by atoms with Gasteiger partial charge in [-0.05, 0) is 29.5 Å². The molecular weight excluding hydrogens is 308 g/mol. The van der Waals surface area contributed by atoms with E-state index in [-0.39, 0.29) is 0 Å². The van der Waals surface area contributed by atoms with Gasteiger partial charge in [-0.15, -0.1) is 0 Å². The van der Waals surface area contributed by atoms with Crippen LogP contribution in [0.4, 0.5) is 11.6 Å². The lowest BCUT2D eigenvalue weighted by Gasteiger charge is -2.29. The van der Waals surface area contributed by atoms with Crippen LogP contribution in [-0.2, 0) is 19.4 Å². The van der Waals surface area contributed by atoms with Gasteiger partial charge in [0, 0.05) is 25.7 Å². The Morgan fingerprint density at radius 1 is 0.920 bits per heavy atom. The van der Waals surface area contributed by atoms with Crippen molar-refractivity contribution < 1.29 is 0 Å². The lowest BCUT2D eigenvalue weighted by Crippen LogP contribution is -2.31. The quantitative estimate of drug-likeness (QED) is 0.774. The maximum atomic E-state index is 4.48. The normalized spacial score (nSPS) is 13.4. The number of fused-ring (bicyclic) bond motifs is 1. The minimum atomic E-state index is 0.864. The minimum Gasteiger partial charge on any atom is -0.370 e. The maximum Gasteiger partial charge on any atom is 0.134 e. The van der Waals surface area contributed by atoms with E-state index in [1.165, 1.54) is 16.7 Å². The number of nitrogens with one attached hydrogen (secondary N) is 1. The zero-order valence-electron chi connectivity index (χ0n) is 14.2. The lowest BCUT2D eigenvalue weighted by atomic mass is 10.00. The van der Waals surface area contributed by atoms with Gasteiger partial charge in [-0.3, -0.25) is 0 Å². The Hall–Kier alpha value is -2.88. The van der Waals surface area contributed by atoms with E-state index in [4.69, 9.17) is 0 Å². The molecule has 0 spiro atoms. The maximum absolute atomic E-state index is 4.48. The first-order valence-corrected chi connectivity index (χ1v) is 8.80. The molecule has 4 rings (SSSR count). The fourth-order valence-electron chi connectivity index (χ4n) is 3.29. The summed E-state index contributed by atoms with van der Waals surface area (Å²) in [6.07, 6.45) is 3.70. The van der Waals surface area contributed by atoms with Crippen LogP contribution in [0.3, 0.4) is 0 Å². The van der Waals surface area contributed by atoms with Crippen LogP contribution in [0, 0.1) is 0 Å². The van der Waals surface area contributed by atoms with Crippen molar-refractivity contribution in [1.82, 2.24) is 9.97 Å². The van der Waals surface area contributed by atoms with Gasteiger partial charge in [0.1, 0.15) is 18.0 Å². The van der Waals surface area contributed by atoms with Crippen molar-refractivity contribution >= 4 is 11.6 Å². The molecule has 3 aromatic rings. The first kappa shape index (κ1) is 15.6. The van der Waals surface area contributed by atoms with Crippen LogP contribution in [0.15, 0.2) is 67.0 Å². The van der Waals surface area contributed by atoms with Crippen LogP contribution in [-0.4, -0.2) is 23.1 Å². The van der Waals surface area contributed by atoms with E-state index in [2.05, 4.69) is 74.8 Å². The van der Waals surface area contributed by atoms with Crippen molar-refractivity contribution in [3.8, 4) is 0 Å². The summed E-state index contributed by atoms with van der Waals surface area (Å²) in [5, 5.41) is 3.41. The molecule has 0 atom stereocenters. The molecule has 0 bridgehead atoms. The van der Waals surface area contributed by atoms with Gasteiger partial charge in [-0.2, -0.15) is 0 Å². The van der Waals surface area contributed by atoms with Crippen molar-refractivity contribution in [2.45, 2.75) is 19.4 Å². The molecule has 1 aromatic heterocycles. The van der Waals surface area contributed by atoms with Crippen molar-refractivity contribution in [2.75, 3.05) is 23.3 Å². The molecule has 0 saturated carbocycles. The number of anilines is 2. The van der Waals surface area contributed by atoms with Gasteiger partial charge in [-0.25, -0.2) is 9.97 Å². The molecule has 126 valence electrons. The van der Waals surface area contributed by atoms with Gasteiger partial charge in [0.25, 0.3) is 0 Å². The average Bonchev–Trinajstić information content (AvgIpc) is 2.69. The molecule has 4 nitrogen and oxygen atoms in total. The van der Waals surface area contributed by atoms with Crippen molar-refractivity contribution in [2.24, 2.45) is 0 Å². The highest BCUT2D eigenvalue weighted by Gasteiger charge is 2.17. The number of hydrogen-bond donors (Lipinski definition) is 1. The second kappa shape index (κ2) is 7.34. The van der Waals surface area contributed by atoms with E-state index in [1.54, 1.807) is 6.33 Å². The number of nitrogens with zero attached hydrogens (tertiary/aromatic N) is 3. The predicted octanol–water partition coefficient (Wildman–Crippen LogP) is 3.69. The van der Waals surface area contributed by atoms with Gasteiger partial charge in [0.05, 0.1) is 0 Å². The Kier molecular flexibility index (Phi) is 4.59. The molecule has 0 saturated heterocycles. The molecule has 0 fully saturated rings. The van der Waals surface area contributed by atoms with Gasteiger partial charge in [0.2, 0.25) is 0 Å². The second-order valence-electron chi connectivity index (χ2n) is 6.36. The van der Waals surface area contributed by atoms with Gasteiger partial charge < -0.3 is 10.2 Å². The summed E-state index contributed by atoms with van der Waals surface area (Å²) in [6.45, 7) is 2.78. The summed E-state index contributed by atoms with van der Waals surface area (Å²) < 4.78 is 0. The van der Waals surface area contributed by atoms with E-state index in [9.17, 15) is 0 Å². The van der Waals surface area contributed by atoms with Gasteiger partial charge in [0.15, 0.2) is 0 Å². The standard InChI is InChI=1S/C21H22N4/c1-2-6-17(7-3-1)10-12-22-20-14-21(24-16-23-20)25-13-11-18-8-4-5-9-19(18)15-25/h1-9,14,16H,10-13,15H2,(H,22,23,24). The van der Waals surface area contributed by atoms with Crippen molar-refractivity contribution in [1.29, 1.82) is 0 Å². The monoisotopic (exact) mass is 330 g/mol. The van der Waals surface area contributed by atoms with Crippen LogP contribution >= 0.6 is 0 Å². The Labute approximate surface area is 148 Å². The molecular formula is C21H22N4. The molecule has 0 radical (unpaired) electrons. The molecule has 2 heterocycles. The third kappa shape index (κ3) is 3.79. The number of rotatable bonds is 5. The highest BCUT2D eigenvalue weighted by atomic mass is 15.2. The van der Waals surface area contributed by atoms with Crippen LogP contribution in [0.1, 0.15) is 16.7 Å². The number of aromatic nitrogens is 2. The van der Waals surface area contributed by atoms with E-state index < -0.39 is 0 Å². The fraction of sp³-hybridized carbons (Fsp3) is 0.238. The number of hydrogen-bond acceptors (Lipinski definition) is 4. The first-order chi connectivity index (χ1) is 12.4. The SMILES string of the molecule is c1ccc(CCNc2cc(N3CCc4ccccc4C3)ncn2)cc1. The third-order valence-electron chi connectivity index (χ3n) is 4.67. The summed E-state index contributed by atoms with van der Waals surface area (Å²) in [7, 11) is 0. The molecule has 1 N–H and O–H groups in total. The van der Waals surface area contributed by atoms with Crippen molar-refractivity contribution in [3.05, 3.63) is 83.7 Å². The Bertz CT molecular complexity index is 832. The molecule has 1 aliphatic heterocycles. The highest BCUT2D eigenvalue weighted by Crippen LogP contribution is 2.23. The molecule has 0 unspecified atom stereocenters.